The number of piperidine rings is 1. The SMILES string of the molecule is CCN(CC(C)C(=O)O)C(=O)NCC1CCN(C)CC1. The Morgan fingerprint density at radius 3 is 2.50 bits per heavy atom. The number of aliphatic carboxylic acids is 1. The molecule has 0 saturated carbocycles. The van der Waals surface area contributed by atoms with Crippen molar-refractivity contribution in [1.82, 2.24) is 15.1 Å². The summed E-state index contributed by atoms with van der Waals surface area (Å²) in [5.74, 6) is -0.874. The highest BCUT2D eigenvalue weighted by molar-refractivity contribution is 5.75. The van der Waals surface area contributed by atoms with E-state index in [1.54, 1.807) is 11.8 Å². The minimum atomic E-state index is -0.869. The van der Waals surface area contributed by atoms with Crippen LogP contribution >= 0.6 is 0 Å². The van der Waals surface area contributed by atoms with Crippen LogP contribution in [0.2, 0.25) is 0 Å². The minimum Gasteiger partial charge on any atom is -0.481 e. The highest BCUT2D eigenvalue weighted by atomic mass is 16.4. The normalized spacial score (nSPS) is 18.6. The average Bonchev–Trinajstić information content (AvgIpc) is 2.43. The Morgan fingerprint density at radius 2 is 2.00 bits per heavy atom. The molecule has 0 aliphatic carbocycles. The van der Waals surface area contributed by atoms with Gasteiger partial charge in [0.05, 0.1) is 5.92 Å². The van der Waals surface area contributed by atoms with Crippen molar-refractivity contribution in [1.29, 1.82) is 0 Å². The van der Waals surface area contributed by atoms with E-state index in [9.17, 15) is 9.59 Å². The zero-order valence-corrected chi connectivity index (χ0v) is 12.8. The van der Waals surface area contributed by atoms with Crippen molar-refractivity contribution in [2.45, 2.75) is 26.7 Å². The van der Waals surface area contributed by atoms with Crippen LogP contribution in [0.25, 0.3) is 0 Å². The molecule has 6 heteroatoms. The molecule has 1 rings (SSSR count). The van der Waals surface area contributed by atoms with Crippen LogP contribution in [0.1, 0.15) is 26.7 Å². The van der Waals surface area contributed by atoms with E-state index in [4.69, 9.17) is 5.11 Å². The fourth-order valence-electron chi connectivity index (χ4n) is 2.37. The molecule has 1 unspecified atom stereocenters. The molecule has 6 nitrogen and oxygen atoms in total. The zero-order chi connectivity index (χ0) is 15.1. The van der Waals surface area contributed by atoms with Gasteiger partial charge in [0, 0.05) is 19.6 Å². The van der Waals surface area contributed by atoms with E-state index in [-0.39, 0.29) is 12.6 Å². The zero-order valence-electron chi connectivity index (χ0n) is 12.8. The highest BCUT2D eigenvalue weighted by Crippen LogP contribution is 2.14. The number of likely N-dealkylation sites (tertiary alicyclic amines) is 1. The summed E-state index contributed by atoms with van der Waals surface area (Å²) in [7, 11) is 2.11. The third kappa shape index (κ3) is 5.36. The lowest BCUT2D eigenvalue weighted by molar-refractivity contribution is -0.141. The van der Waals surface area contributed by atoms with Crippen LogP contribution in [0.4, 0.5) is 4.79 Å². The number of rotatable bonds is 6. The summed E-state index contributed by atoms with van der Waals surface area (Å²) in [6.45, 7) is 7.10. The van der Waals surface area contributed by atoms with Crippen LogP contribution in [0.15, 0.2) is 0 Å². The standard InChI is InChI=1S/C14H27N3O3/c1-4-17(10-11(2)13(18)19)14(20)15-9-12-5-7-16(3)8-6-12/h11-12H,4-10H2,1-3H3,(H,15,20)(H,18,19). The van der Waals surface area contributed by atoms with Crippen molar-refractivity contribution in [3.8, 4) is 0 Å². The summed E-state index contributed by atoms with van der Waals surface area (Å²) in [5.41, 5.74) is 0. The molecule has 1 fully saturated rings. The van der Waals surface area contributed by atoms with Crippen LogP contribution < -0.4 is 5.32 Å². The van der Waals surface area contributed by atoms with Crippen molar-refractivity contribution >= 4 is 12.0 Å². The van der Waals surface area contributed by atoms with Gasteiger partial charge >= 0.3 is 12.0 Å². The second-order valence-electron chi connectivity index (χ2n) is 5.71. The monoisotopic (exact) mass is 285 g/mol. The van der Waals surface area contributed by atoms with E-state index in [0.29, 0.717) is 19.0 Å². The van der Waals surface area contributed by atoms with Crippen LogP contribution in [0, 0.1) is 11.8 Å². The van der Waals surface area contributed by atoms with E-state index in [0.717, 1.165) is 25.9 Å². The summed E-state index contributed by atoms with van der Waals surface area (Å²) >= 11 is 0. The second kappa shape index (κ2) is 8.09. The molecule has 1 aliphatic rings. The highest BCUT2D eigenvalue weighted by Gasteiger charge is 2.21. The molecule has 1 atom stereocenters. The molecule has 20 heavy (non-hydrogen) atoms. The fourth-order valence-corrected chi connectivity index (χ4v) is 2.37. The van der Waals surface area contributed by atoms with Crippen LogP contribution in [0.5, 0.6) is 0 Å². The molecular formula is C14H27N3O3. The Hall–Kier alpha value is -1.30. The number of nitrogens with one attached hydrogen (secondary N) is 1. The van der Waals surface area contributed by atoms with Crippen LogP contribution in [-0.2, 0) is 4.79 Å². The van der Waals surface area contributed by atoms with Gasteiger partial charge in [0.15, 0.2) is 0 Å². The predicted molar refractivity (Wildman–Crippen MR) is 77.7 cm³/mol. The van der Waals surface area contributed by atoms with Crippen LogP contribution in [0.3, 0.4) is 0 Å². The number of nitrogens with zero attached hydrogens (tertiary/aromatic N) is 2. The van der Waals surface area contributed by atoms with Gasteiger partial charge in [-0.3, -0.25) is 4.79 Å². The lowest BCUT2D eigenvalue weighted by Crippen LogP contribution is -2.45. The van der Waals surface area contributed by atoms with Gasteiger partial charge in [-0.1, -0.05) is 6.92 Å². The first-order chi connectivity index (χ1) is 9.43. The number of carbonyl (C=O) groups is 2. The van der Waals surface area contributed by atoms with E-state index in [2.05, 4.69) is 17.3 Å². The van der Waals surface area contributed by atoms with Crippen molar-refractivity contribution in [3.63, 3.8) is 0 Å². The third-order valence-electron chi connectivity index (χ3n) is 3.96. The van der Waals surface area contributed by atoms with E-state index in [1.807, 2.05) is 6.92 Å². The molecule has 0 aromatic carbocycles. The van der Waals surface area contributed by atoms with Crippen molar-refractivity contribution in [2.75, 3.05) is 39.8 Å². The third-order valence-corrected chi connectivity index (χ3v) is 3.96. The Labute approximate surface area is 121 Å². The van der Waals surface area contributed by atoms with Gasteiger partial charge in [-0.15, -0.1) is 0 Å². The quantitative estimate of drug-likeness (QED) is 0.766. The maximum Gasteiger partial charge on any atom is 0.317 e. The molecular weight excluding hydrogens is 258 g/mol. The van der Waals surface area contributed by atoms with Crippen molar-refractivity contribution in [3.05, 3.63) is 0 Å². The Morgan fingerprint density at radius 1 is 1.40 bits per heavy atom. The van der Waals surface area contributed by atoms with E-state index in [1.165, 1.54) is 0 Å². The summed E-state index contributed by atoms with van der Waals surface area (Å²) in [5, 5.41) is 11.8. The summed E-state index contributed by atoms with van der Waals surface area (Å²) in [6.07, 6.45) is 2.21. The molecule has 0 spiro atoms. The number of carboxylic acid groups (broad SMARTS) is 1. The molecule has 2 N–H and O–H groups in total. The molecule has 0 aromatic rings. The van der Waals surface area contributed by atoms with E-state index < -0.39 is 11.9 Å². The molecule has 1 heterocycles. The van der Waals surface area contributed by atoms with Crippen molar-refractivity contribution < 1.29 is 14.7 Å². The lowest BCUT2D eigenvalue weighted by atomic mass is 9.97. The smallest absolute Gasteiger partial charge is 0.317 e. The topological polar surface area (TPSA) is 72.9 Å². The van der Waals surface area contributed by atoms with Gasteiger partial charge in [-0.2, -0.15) is 0 Å². The largest absolute Gasteiger partial charge is 0.481 e. The molecule has 0 aromatic heterocycles. The Kier molecular flexibility index (Phi) is 6.78. The first-order valence-corrected chi connectivity index (χ1v) is 7.38. The molecule has 2 amide bonds. The lowest BCUT2D eigenvalue weighted by Gasteiger charge is -2.30. The van der Waals surface area contributed by atoms with Crippen molar-refractivity contribution in [2.24, 2.45) is 11.8 Å². The average molecular weight is 285 g/mol. The minimum absolute atomic E-state index is 0.153. The molecule has 1 aliphatic heterocycles. The summed E-state index contributed by atoms with van der Waals surface area (Å²) in [4.78, 5) is 26.8. The van der Waals surface area contributed by atoms with Gasteiger partial charge in [0.25, 0.3) is 0 Å². The van der Waals surface area contributed by atoms with Gasteiger partial charge in [-0.25, -0.2) is 4.79 Å². The maximum absolute atomic E-state index is 12.1. The maximum atomic E-state index is 12.1. The number of carboxylic acids is 1. The Balaban J connectivity index is 2.34. The predicted octanol–water partition coefficient (Wildman–Crippen LogP) is 1.08. The number of hydrogen-bond acceptors (Lipinski definition) is 3. The first-order valence-electron chi connectivity index (χ1n) is 7.38. The fraction of sp³-hybridized carbons (Fsp3) is 0.857. The van der Waals surface area contributed by atoms with Gasteiger partial charge in [0.1, 0.15) is 0 Å². The van der Waals surface area contributed by atoms with Gasteiger partial charge < -0.3 is 20.2 Å². The molecule has 0 radical (unpaired) electrons. The number of hydrogen-bond donors (Lipinski definition) is 2. The number of urea groups is 1. The molecule has 116 valence electrons. The Bertz CT molecular complexity index is 328. The summed E-state index contributed by atoms with van der Waals surface area (Å²) < 4.78 is 0. The number of carbonyl (C=O) groups excluding carboxylic acids is 1. The summed E-state index contributed by atoms with van der Waals surface area (Å²) in [6, 6.07) is -0.153. The van der Waals surface area contributed by atoms with Gasteiger partial charge in [0.2, 0.25) is 0 Å². The molecule has 0 bridgehead atoms. The first kappa shape index (κ1) is 16.8. The van der Waals surface area contributed by atoms with Crippen LogP contribution in [-0.4, -0.2) is 66.7 Å². The number of amides is 2. The second-order valence-corrected chi connectivity index (χ2v) is 5.71. The van der Waals surface area contributed by atoms with Gasteiger partial charge in [-0.05, 0) is 45.8 Å². The molecule has 1 saturated heterocycles. The van der Waals surface area contributed by atoms with E-state index >= 15 is 0 Å².